The van der Waals surface area contributed by atoms with Gasteiger partial charge in [0.2, 0.25) is 5.91 Å². The number of carbonyl (C=O) groups is 2. The molecule has 1 aliphatic rings. The van der Waals surface area contributed by atoms with Gasteiger partial charge in [-0.2, -0.15) is 0 Å². The highest BCUT2D eigenvalue weighted by Gasteiger charge is 2.38. The van der Waals surface area contributed by atoms with Crippen molar-refractivity contribution < 1.29 is 24.3 Å². The first-order valence-corrected chi connectivity index (χ1v) is 13.2. The molecule has 0 spiro atoms. The molecule has 4 rings (SSSR count). The van der Waals surface area contributed by atoms with Gasteiger partial charge in [0.15, 0.2) is 6.61 Å². The number of nitrogens with one attached hydrogen (secondary N) is 1. The average Bonchev–Trinajstić information content (AvgIpc) is 3.38. The number of nitrogens with zero attached hydrogens (tertiary/aromatic N) is 2. The molecule has 39 heavy (non-hydrogen) atoms. The molecular weight excluding hydrogens is 565 g/mol. The molecule has 0 unspecified atom stereocenters. The van der Waals surface area contributed by atoms with Crippen molar-refractivity contribution >= 4 is 52.3 Å². The second-order valence-corrected chi connectivity index (χ2v) is 10.1. The minimum atomic E-state index is -0.892. The van der Waals surface area contributed by atoms with Crippen molar-refractivity contribution in [3.05, 3.63) is 99.0 Å². The summed E-state index contributed by atoms with van der Waals surface area (Å²) in [5, 5.41) is 18.7. The van der Waals surface area contributed by atoms with E-state index in [1.807, 2.05) is 6.07 Å². The number of amides is 2. The molecule has 8 nitrogen and oxygen atoms in total. The zero-order valence-electron chi connectivity index (χ0n) is 20.7. The highest BCUT2D eigenvalue weighted by atomic mass is 35.5. The summed E-state index contributed by atoms with van der Waals surface area (Å²) in [4.78, 5) is 33.1. The van der Waals surface area contributed by atoms with E-state index in [9.17, 15) is 14.7 Å². The number of likely N-dealkylation sites (tertiary alicyclic amines) is 1. The molecule has 0 aliphatic carbocycles. The van der Waals surface area contributed by atoms with Gasteiger partial charge in [-0.15, -0.1) is 0 Å². The van der Waals surface area contributed by atoms with Crippen LogP contribution < -0.4 is 10.1 Å². The molecule has 11 heteroatoms. The maximum Gasteiger partial charge on any atom is 0.261 e. The van der Waals surface area contributed by atoms with E-state index in [0.29, 0.717) is 32.1 Å². The molecule has 3 aromatic rings. The largest absolute Gasteiger partial charge is 0.484 e. The monoisotopic (exact) mass is 589 g/mol. The summed E-state index contributed by atoms with van der Waals surface area (Å²) in [6.07, 6.45) is -0.724. The van der Waals surface area contributed by atoms with Crippen molar-refractivity contribution in [1.29, 1.82) is 0 Å². The lowest BCUT2D eigenvalue weighted by Crippen LogP contribution is -2.48. The molecule has 3 aromatic carbocycles. The standard InChI is InChI=1S/C28H26Cl3N3O5/c29-20-7-9-22(10-8-20)38-17-27(36)34-15-21(33-39-16-18-6-11-23(30)24(31)12-18)13-25(34)28(37)32-14-26(35)19-4-2-1-3-5-19/h1-12,25-26,35H,13-17H2,(H,32,37)/b33-21+/t25-,26+/m0/s1. The molecule has 2 N–H and O–H groups in total. The van der Waals surface area contributed by atoms with E-state index in [1.54, 1.807) is 66.7 Å². The minimum absolute atomic E-state index is 0.0110. The Balaban J connectivity index is 1.41. The van der Waals surface area contributed by atoms with Crippen molar-refractivity contribution in [2.24, 2.45) is 5.16 Å². The maximum absolute atomic E-state index is 13.1. The average molecular weight is 591 g/mol. The number of ether oxygens (including phenoxy) is 1. The number of benzene rings is 3. The van der Waals surface area contributed by atoms with Crippen LogP contribution in [0.15, 0.2) is 78.0 Å². The van der Waals surface area contributed by atoms with E-state index in [2.05, 4.69) is 10.5 Å². The Morgan fingerprint density at radius 2 is 1.77 bits per heavy atom. The van der Waals surface area contributed by atoms with Crippen molar-refractivity contribution in [1.82, 2.24) is 10.2 Å². The lowest BCUT2D eigenvalue weighted by Gasteiger charge is -2.24. The fourth-order valence-corrected chi connectivity index (χ4v) is 4.41. The molecule has 1 aliphatic heterocycles. The van der Waals surface area contributed by atoms with Crippen LogP contribution in [0.25, 0.3) is 0 Å². The summed E-state index contributed by atoms with van der Waals surface area (Å²) >= 11 is 17.9. The Hall–Kier alpha value is -3.30. The third kappa shape index (κ3) is 8.10. The lowest BCUT2D eigenvalue weighted by molar-refractivity contribution is -0.140. The van der Waals surface area contributed by atoms with Gasteiger partial charge in [-0.25, -0.2) is 0 Å². The molecule has 0 radical (unpaired) electrons. The van der Waals surface area contributed by atoms with E-state index in [1.165, 1.54) is 4.90 Å². The summed E-state index contributed by atoms with van der Waals surface area (Å²) in [6, 6.07) is 19.9. The molecule has 0 aromatic heterocycles. The molecule has 2 atom stereocenters. The SMILES string of the molecule is O=C(NC[C@@H](O)c1ccccc1)[C@@H]1C/C(=N\OCc2ccc(Cl)c(Cl)c2)CN1C(=O)COc1ccc(Cl)cc1. The van der Waals surface area contributed by atoms with Crippen LogP contribution in [-0.2, 0) is 21.0 Å². The smallest absolute Gasteiger partial charge is 0.261 e. The van der Waals surface area contributed by atoms with E-state index in [4.69, 9.17) is 44.4 Å². The number of hydrogen-bond donors (Lipinski definition) is 2. The Morgan fingerprint density at radius 3 is 2.49 bits per heavy atom. The predicted molar refractivity (Wildman–Crippen MR) is 150 cm³/mol. The van der Waals surface area contributed by atoms with Gasteiger partial charge in [0, 0.05) is 18.0 Å². The van der Waals surface area contributed by atoms with E-state index >= 15 is 0 Å². The Labute approximate surface area is 241 Å². The van der Waals surface area contributed by atoms with Crippen molar-refractivity contribution in [2.75, 3.05) is 19.7 Å². The molecule has 1 heterocycles. The van der Waals surface area contributed by atoms with Crippen LogP contribution in [0.2, 0.25) is 15.1 Å². The van der Waals surface area contributed by atoms with Gasteiger partial charge in [-0.05, 0) is 47.5 Å². The number of rotatable bonds is 10. The van der Waals surface area contributed by atoms with Crippen LogP contribution in [0.3, 0.4) is 0 Å². The molecule has 0 bridgehead atoms. The summed E-state index contributed by atoms with van der Waals surface area (Å²) in [6.45, 7) is -0.0733. The first-order valence-electron chi connectivity index (χ1n) is 12.1. The number of aliphatic hydroxyl groups is 1. The maximum atomic E-state index is 13.1. The molecule has 2 amide bonds. The molecule has 0 saturated carbocycles. The van der Waals surface area contributed by atoms with Gasteiger partial charge in [-0.3, -0.25) is 9.59 Å². The molecule has 1 saturated heterocycles. The highest BCUT2D eigenvalue weighted by molar-refractivity contribution is 6.42. The van der Waals surface area contributed by atoms with Crippen LogP contribution >= 0.6 is 34.8 Å². The van der Waals surface area contributed by atoms with Crippen molar-refractivity contribution in [3.63, 3.8) is 0 Å². The van der Waals surface area contributed by atoms with Crippen LogP contribution in [0, 0.1) is 0 Å². The zero-order chi connectivity index (χ0) is 27.8. The molecular formula is C28H26Cl3N3O5. The molecule has 1 fully saturated rings. The van der Waals surface area contributed by atoms with Gasteiger partial charge in [-0.1, -0.05) is 76.4 Å². The van der Waals surface area contributed by atoms with Crippen LogP contribution in [0.5, 0.6) is 5.75 Å². The first kappa shape index (κ1) is 28.7. The summed E-state index contributed by atoms with van der Waals surface area (Å²) in [7, 11) is 0. The fourth-order valence-electron chi connectivity index (χ4n) is 3.96. The van der Waals surface area contributed by atoms with Gasteiger partial charge >= 0.3 is 0 Å². The highest BCUT2D eigenvalue weighted by Crippen LogP contribution is 2.24. The predicted octanol–water partition coefficient (Wildman–Crippen LogP) is 5.05. The number of carbonyl (C=O) groups excluding carboxylic acids is 2. The second kappa shape index (κ2) is 13.7. The van der Waals surface area contributed by atoms with Gasteiger partial charge < -0.3 is 24.9 Å². The minimum Gasteiger partial charge on any atom is -0.484 e. The number of aliphatic hydroxyl groups excluding tert-OH is 1. The summed E-state index contributed by atoms with van der Waals surface area (Å²) in [5.74, 6) is -0.347. The Bertz CT molecular complexity index is 1320. The van der Waals surface area contributed by atoms with E-state index in [-0.39, 0.29) is 32.7 Å². The third-order valence-corrected chi connectivity index (χ3v) is 7.01. The van der Waals surface area contributed by atoms with Crippen molar-refractivity contribution in [2.45, 2.75) is 25.2 Å². The number of hydrogen-bond acceptors (Lipinski definition) is 6. The first-order chi connectivity index (χ1) is 18.8. The van der Waals surface area contributed by atoms with Crippen LogP contribution in [-0.4, -0.2) is 53.3 Å². The van der Waals surface area contributed by atoms with E-state index < -0.39 is 24.0 Å². The van der Waals surface area contributed by atoms with Crippen molar-refractivity contribution in [3.8, 4) is 5.75 Å². The number of oxime groups is 1. The van der Waals surface area contributed by atoms with Crippen LogP contribution in [0.1, 0.15) is 23.7 Å². The van der Waals surface area contributed by atoms with Crippen LogP contribution in [0.4, 0.5) is 0 Å². The summed E-state index contributed by atoms with van der Waals surface area (Å²) < 4.78 is 5.60. The van der Waals surface area contributed by atoms with E-state index in [0.717, 1.165) is 5.56 Å². The summed E-state index contributed by atoms with van der Waals surface area (Å²) in [5.41, 5.74) is 1.95. The quantitative estimate of drug-likeness (QED) is 0.322. The fraction of sp³-hybridized carbons (Fsp3) is 0.250. The lowest BCUT2D eigenvalue weighted by atomic mass is 10.1. The zero-order valence-corrected chi connectivity index (χ0v) is 23.0. The second-order valence-electron chi connectivity index (χ2n) is 8.84. The number of halogens is 3. The Kier molecular flexibility index (Phi) is 10.1. The normalized spacial score (nSPS) is 16.7. The van der Waals surface area contributed by atoms with Gasteiger partial charge in [0.05, 0.1) is 28.4 Å². The Morgan fingerprint density at radius 1 is 1.03 bits per heavy atom. The third-order valence-electron chi connectivity index (χ3n) is 6.02. The van der Waals surface area contributed by atoms with Gasteiger partial charge in [0.1, 0.15) is 18.4 Å². The van der Waals surface area contributed by atoms with Gasteiger partial charge in [0.25, 0.3) is 5.91 Å². The molecule has 204 valence electrons. The topological polar surface area (TPSA) is 100 Å².